The Labute approximate surface area is 127 Å². The van der Waals surface area contributed by atoms with Gasteiger partial charge >= 0.3 is 0 Å². The van der Waals surface area contributed by atoms with E-state index in [9.17, 15) is 4.79 Å². The standard InChI is InChI=1S/C15H28N4O2/c1-3-14(20)19-8-6-13(10-19)18-15(16-2)17-7-9-21-11-12-4-5-12/h12-13H,3-11H2,1-2H3,(H2,16,17,18). The SMILES string of the molecule is CCC(=O)N1CCC(NC(=NC)NCCOCC2CC2)C1. The van der Waals surface area contributed by atoms with Crippen molar-refractivity contribution in [3.8, 4) is 0 Å². The zero-order valence-corrected chi connectivity index (χ0v) is 13.2. The second-order valence-corrected chi connectivity index (χ2v) is 5.84. The lowest BCUT2D eigenvalue weighted by Gasteiger charge is -2.18. The van der Waals surface area contributed by atoms with Crippen LogP contribution in [0.3, 0.4) is 0 Å². The molecule has 120 valence electrons. The molecule has 1 amide bonds. The van der Waals surface area contributed by atoms with E-state index in [-0.39, 0.29) is 5.91 Å². The summed E-state index contributed by atoms with van der Waals surface area (Å²) in [5, 5.41) is 6.63. The number of nitrogens with one attached hydrogen (secondary N) is 2. The fraction of sp³-hybridized carbons (Fsp3) is 0.867. The minimum atomic E-state index is 0.232. The summed E-state index contributed by atoms with van der Waals surface area (Å²) in [5.74, 6) is 1.83. The van der Waals surface area contributed by atoms with Gasteiger partial charge in [0, 0.05) is 45.8 Å². The molecule has 21 heavy (non-hydrogen) atoms. The Kier molecular flexibility index (Phi) is 6.29. The normalized spacial score (nSPS) is 22.5. The molecule has 1 atom stereocenters. The van der Waals surface area contributed by atoms with E-state index in [0.717, 1.165) is 44.5 Å². The molecule has 0 aromatic carbocycles. The monoisotopic (exact) mass is 296 g/mol. The van der Waals surface area contributed by atoms with Crippen LogP contribution in [0.1, 0.15) is 32.6 Å². The highest BCUT2D eigenvalue weighted by molar-refractivity contribution is 5.80. The number of carbonyl (C=O) groups excluding carboxylic acids is 1. The zero-order valence-electron chi connectivity index (χ0n) is 13.2. The minimum absolute atomic E-state index is 0.232. The highest BCUT2D eigenvalue weighted by Crippen LogP contribution is 2.28. The van der Waals surface area contributed by atoms with E-state index in [0.29, 0.717) is 19.1 Å². The molecule has 1 saturated carbocycles. The van der Waals surface area contributed by atoms with E-state index >= 15 is 0 Å². The third-order valence-electron chi connectivity index (χ3n) is 4.00. The molecule has 6 nitrogen and oxygen atoms in total. The summed E-state index contributed by atoms with van der Waals surface area (Å²) in [7, 11) is 1.77. The molecule has 0 aromatic rings. The topological polar surface area (TPSA) is 66.0 Å². The minimum Gasteiger partial charge on any atom is -0.379 e. The highest BCUT2D eigenvalue weighted by Gasteiger charge is 2.25. The van der Waals surface area contributed by atoms with Crippen molar-refractivity contribution in [1.82, 2.24) is 15.5 Å². The van der Waals surface area contributed by atoms with Crippen LogP contribution in [0.2, 0.25) is 0 Å². The maximum Gasteiger partial charge on any atom is 0.222 e. The molecule has 2 fully saturated rings. The van der Waals surface area contributed by atoms with E-state index in [1.165, 1.54) is 12.8 Å². The van der Waals surface area contributed by atoms with Gasteiger partial charge in [-0.1, -0.05) is 6.92 Å². The number of aliphatic imine (C=N–C) groups is 1. The molecule has 2 aliphatic rings. The van der Waals surface area contributed by atoms with E-state index in [1.54, 1.807) is 7.05 Å². The maximum absolute atomic E-state index is 11.7. The van der Waals surface area contributed by atoms with E-state index in [4.69, 9.17) is 4.74 Å². The fourth-order valence-corrected chi connectivity index (χ4v) is 2.49. The van der Waals surface area contributed by atoms with Gasteiger partial charge in [-0.15, -0.1) is 0 Å². The quantitative estimate of drug-likeness (QED) is 0.410. The van der Waals surface area contributed by atoms with Gasteiger partial charge in [0.2, 0.25) is 5.91 Å². The first-order chi connectivity index (χ1) is 10.2. The summed E-state index contributed by atoms with van der Waals surface area (Å²) in [6, 6.07) is 0.291. The van der Waals surface area contributed by atoms with Crippen LogP contribution < -0.4 is 10.6 Å². The number of hydrogen-bond donors (Lipinski definition) is 2. The summed E-state index contributed by atoms with van der Waals surface area (Å²) in [6.45, 7) is 5.88. The van der Waals surface area contributed by atoms with Crippen molar-refractivity contribution in [3.63, 3.8) is 0 Å². The smallest absolute Gasteiger partial charge is 0.222 e. The van der Waals surface area contributed by atoms with Crippen molar-refractivity contribution in [3.05, 3.63) is 0 Å². The largest absolute Gasteiger partial charge is 0.379 e. The molecule has 0 radical (unpaired) electrons. The number of rotatable bonds is 7. The van der Waals surface area contributed by atoms with Crippen LogP contribution in [0.15, 0.2) is 4.99 Å². The predicted octanol–water partition coefficient (Wildman–Crippen LogP) is 0.589. The Morgan fingerprint density at radius 1 is 1.38 bits per heavy atom. The Balaban J connectivity index is 1.59. The van der Waals surface area contributed by atoms with Gasteiger partial charge in [0.05, 0.1) is 6.61 Å². The fourth-order valence-electron chi connectivity index (χ4n) is 2.49. The number of amides is 1. The van der Waals surface area contributed by atoms with Crippen LogP contribution in [0, 0.1) is 5.92 Å². The Morgan fingerprint density at radius 3 is 2.86 bits per heavy atom. The van der Waals surface area contributed by atoms with Crippen LogP contribution in [0.5, 0.6) is 0 Å². The molecule has 0 spiro atoms. The van der Waals surface area contributed by atoms with Crippen LogP contribution in [0.25, 0.3) is 0 Å². The molecular weight excluding hydrogens is 268 g/mol. The predicted molar refractivity (Wildman–Crippen MR) is 83.3 cm³/mol. The Bertz CT molecular complexity index is 369. The molecule has 1 heterocycles. The summed E-state index contributed by atoms with van der Waals surface area (Å²) >= 11 is 0. The number of nitrogens with zero attached hydrogens (tertiary/aromatic N) is 2. The second kappa shape index (κ2) is 8.22. The molecule has 6 heteroatoms. The van der Waals surface area contributed by atoms with Gasteiger partial charge in [0.15, 0.2) is 5.96 Å². The van der Waals surface area contributed by atoms with Crippen LogP contribution >= 0.6 is 0 Å². The van der Waals surface area contributed by atoms with Crippen molar-refractivity contribution in [2.24, 2.45) is 10.9 Å². The van der Waals surface area contributed by atoms with Gasteiger partial charge in [-0.05, 0) is 25.2 Å². The molecule has 1 saturated heterocycles. The van der Waals surface area contributed by atoms with Gasteiger partial charge < -0.3 is 20.3 Å². The van der Waals surface area contributed by atoms with E-state index in [1.807, 2.05) is 11.8 Å². The molecule has 1 aliphatic heterocycles. The van der Waals surface area contributed by atoms with Crippen LogP contribution in [-0.2, 0) is 9.53 Å². The molecule has 1 aliphatic carbocycles. The number of carbonyl (C=O) groups is 1. The first kappa shape index (κ1) is 16.1. The average molecular weight is 296 g/mol. The van der Waals surface area contributed by atoms with Gasteiger partial charge in [0.25, 0.3) is 0 Å². The first-order valence-electron chi connectivity index (χ1n) is 8.05. The molecule has 1 unspecified atom stereocenters. The average Bonchev–Trinajstić information content (AvgIpc) is 3.21. The van der Waals surface area contributed by atoms with Crippen molar-refractivity contribution in [2.45, 2.75) is 38.6 Å². The van der Waals surface area contributed by atoms with E-state index < -0.39 is 0 Å². The summed E-state index contributed by atoms with van der Waals surface area (Å²) in [5.41, 5.74) is 0. The highest BCUT2D eigenvalue weighted by atomic mass is 16.5. The maximum atomic E-state index is 11.7. The Hall–Kier alpha value is -1.30. The lowest BCUT2D eigenvalue weighted by atomic mass is 10.3. The molecule has 0 bridgehead atoms. The number of likely N-dealkylation sites (tertiary alicyclic amines) is 1. The van der Waals surface area contributed by atoms with Gasteiger partial charge in [-0.2, -0.15) is 0 Å². The van der Waals surface area contributed by atoms with Crippen LogP contribution in [-0.4, -0.2) is 62.7 Å². The number of hydrogen-bond acceptors (Lipinski definition) is 3. The van der Waals surface area contributed by atoms with Crippen molar-refractivity contribution >= 4 is 11.9 Å². The van der Waals surface area contributed by atoms with Crippen molar-refractivity contribution < 1.29 is 9.53 Å². The molecule has 0 aromatic heterocycles. The second-order valence-electron chi connectivity index (χ2n) is 5.84. The van der Waals surface area contributed by atoms with E-state index in [2.05, 4.69) is 15.6 Å². The lowest BCUT2D eigenvalue weighted by Crippen LogP contribution is -2.45. The van der Waals surface area contributed by atoms with Gasteiger partial charge in [0.1, 0.15) is 0 Å². The van der Waals surface area contributed by atoms with Gasteiger partial charge in [-0.3, -0.25) is 9.79 Å². The number of ether oxygens (including phenoxy) is 1. The first-order valence-corrected chi connectivity index (χ1v) is 8.05. The van der Waals surface area contributed by atoms with Crippen LogP contribution in [0.4, 0.5) is 0 Å². The zero-order chi connectivity index (χ0) is 15.1. The molecular formula is C15H28N4O2. The molecule has 2 N–H and O–H groups in total. The van der Waals surface area contributed by atoms with Crippen molar-refractivity contribution in [1.29, 1.82) is 0 Å². The summed E-state index contributed by atoms with van der Waals surface area (Å²) in [6.07, 6.45) is 4.21. The van der Waals surface area contributed by atoms with Gasteiger partial charge in [-0.25, -0.2) is 0 Å². The summed E-state index contributed by atoms with van der Waals surface area (Å²) in [4.78, 5) is 17.8. The third-order valence-corrected chi connectivity index (χ3v) is 4.00. The Morgan fingerprint density at radius 2 is 2.19 bits per heavy atom. The van der Waals surface area contributed by atoms with Crippen molar-refractivity contribution in [2.75, 3.05) is 39.9 Å². The lowest BCUT2D eigenvalue weighted by molar-refractivity contribution is -0.129. The number of guanidine groups is 1. The third kappa shape index (κ3) is 5.53. The molecule has 2 rings (SSSR count). The summed E-state index contributed by atoms with van der Waals surface area (Å²) < 4.78 is 5.59.